The minimum absolute atomic E-state index is 0.261. The van der Waals surface area contributed by atoms with Crippen LogP contribution >= 0.6 is 0 Å². The van der Waals surface area contributed by atoms with E-state index in [0.29, 0.717) is 17.9 Å². The van der Waals surface area contributed by atoms with Crippen LogP contribution in [0.1, 0.15) is 19.0 Å². The summed E-state index contributed by atoms with van der Waals surface area (Å²) in [7, 11) is 1.79. The second-order valence-electron chi connectivity index (χ2n) is 7.45. The van der Waals surface area contributed by atoms with Gasteiger partial charge in [-0.15, -0.1) is 0 Å². The van der Waals surface area contributed by atoms with Crippen molar-refractivity contribution in [2.45, 2.75) is 26.4 Å². The predicted molar refractivity (Wildman–Crippen MR) is 123 cm³/mol. The number of carbonyl (C=O) groups is 1. The Morgan fingerprint density at radius 2 is 1.68 bits per heavy atom. The van der Waals surface area contributed by atoms with E-state index in [2.05, 4.69) is 5.32 Å². The SMILES string of the molecule is CCC(Oc1ccc2ccccc2c1)C(=O)Nc1c(C)n(C)n(-c2ccccc2)c1=O. The van der Waals surface area contributed by atoms with Crippen LogP contribution in [0.15, 0.2) is 77.6 Å². The smallest absolute Gasteiger partial charge is 0.295 e. The Hall–Kier alpha value is -3.80. The van der Waals surface area contributed by atoms with Crippen LogP contribution in [0.2, 0.25) is 0 Å². The molecule has 0 saturated carbocycles. The summed E-state index contributed by atoms with van der Waals surface area (Å²) in [6, 6.07) is 23.0. The average Bonchev–Trinajstić information content (AvgIpc) is 3.00. The van der Waals surface area contributed by atoms with Gasteiger partial charge in [0.25, 0.3) is 11.5 Å². The first-order chi connectivity index (χ1) is 15.0. The van der Waals surface area contributed by atoms with Crippen molar-refractivity contribution in [1.29, 1.82) is 0 Å². The zero-order valence-corrected chi connectivity index (χ0v) is 17.8. The van der Waals surface area contributed by atoms with Gasteiger partial charge in [-0.1, -0.05) is 55.5 Å². The van der Waals surface area contributed by atoms with Gasteiger partial charge in [-0.2, -0.15) is 0 Å². The first-order valence-corrected chi connectivity index (χ1v) is 10.3. The Morgan fingerprint density at radius 3 is 2.39 bits per heavy atom. The normalized spacial score (nSPS) is 12.0. The van der Waals surface area contributed by atoms with E-state index in [9.17, 15) is 9.59 Å². The van der Waals surface area contributed by atoms with Crippen molar-refractivity contribution in [2.75, 3.05) is 5.32 Å². The van der Waals surface area contributed by atoms with Crippen molar-refractivity contribution in [3.63, 3.8) is 0 Å². The molecule has 0 aliphatic rings. The summed E-state index contributed by atoms with van der Waals surface area (Å²) in [6.45, 7) is 3.69. The highest BCUT2D eigenvalue weighted by atomic mass is 16.5. The number of aromatic nitrogens is 2. The molecule has 3 aromatic carbocycles. The first kappa shape index (κ1) is 20.5. The zero-order chi connectivity index (χ0) is 22.0. The Morgan fingerprint density at radius 1 is 1.00 bits per heavy atom. The van der Waals surface area contributed by atoms with Crippen molar-refractivity contribution in [3.8, 4) is 11.4 Å². The molecule has 0 aliphatic carbocycles. The summed E-state index contributed by atoms with van der Waals surface area (Å²) >= 11 is 0. The van der Waals surface area contributed by atoms with Gasteiger partial charge in [0, 0.05) is 7.05 Å². The third kappa shape index (κ3) is 3.97. The Labute approximate surface area is 180 Å². The molecular weight excluding hydrogens is 390 g/mol. The van der Waals surface area contributed by atoms with Gasteiger partial charge < -0.3 is 10.1 Å². The van der Waals surface area contributed by atoms with Gasteiger partial charge in [-0.3, -0.25) is 14.3 Å². The number of nitrogens with zero attached hydrogens (tertiary/aromatic N) is 2. The molecule has 0 radical (unpaired) electrons. The van der Waals surface area contributed by atoms with E-state index in [0.717, 1.165) is 16.5 Å². The lowest BCUT2D eigenvalue weighted by Crippen LogP contribution is -2.34. The number of benzene rings is 3. The van der Waals surface area contributed by atoms with Gasteiger partial charge in [0.1, 0.15) is 11.4 Å². The molecule has 1 amide bonds. The van der Waals surface area contributed by atoms with Crippen molar-refractivity contribution in [3.05, 3.63) is 88.8 Å². The third-order valence-electron chi connectivity index (χ3n) is 5.46. The van der Waals surface area contributed by atoms with Crippen LogP contribution in [0.3, 0.4) is 0 Å². The molecule has 6 nitrogen and oxygen atoms in total. The highest BCUT2D eigenvalue weighted by Gasteiger charge is 2.23. The molecule has 158 valence electrons. The second kappa shape index (κ2) is 8.52. The number of hydrogen-bond donors (Lipinski definition) is 1. The van der Waals surface area contributed by atoms with Crippen molar-refractivity contribution < 1.29 is 9.53 Å². The standard InChI is InChI=1S/C25H25N3O3/c1-4-22(31-21-15-14-18-10-8-9-11-19(18)16-21)24(29)26-23-17(2)27(3)28(25(23)30)20-12-6-5-7-13-20/h5-16,22H,4H2,1-3H3,(H,26,29). The first-order valence-electron chi connectivity index (χ1n) is 10.3. The predicted octanol–water partition coefficient (Wildman–Crippen LogP) is 4.43. The molecule has 1 atom stereocenters. The quantitative estimate of drug-likeness (QED) is 0.507. The molecule has 1 N–H and O–H groups in total. The monoisotopic (exact) mass is 415 g/mol. The summed E-state index contributed by atoms with van der Waals surface area (Å²) in [5.74, 6) is 0.272. The molecule has 1 heterocycles. The summed E-state index contributed by atoms with van der Waals surface area (Å²) in [4.78, 5) is 26.0. The number of amides is 1. The van der Waals surface area contributed by atoms with Crippen LogP contribution in [-0.2, 0) is 11.8 Å². The van der Waals surface area contributed by atoms with Crippen LogP contribution < -0.4 is 15.6 Å². The van der Waals surface area contributed by atoms with Crippen LogP contribution in [0, 0.1) is 6.92 Å². The minimum atomic E-state index is -0.717. The molecule has 0 spiro atoms. The fourth-order valence-corrected chi connectivity index (χ4v) is 3.64. The summed E-state index contributed by atoms with van der Waals surface area (Å²) < 4.78 is 9.25. The maximum Gasteiger partial charge on any atom is 0.295 e. The molecule has 4 aromatic rings. The molecular formula is C25H25N3O3. The highest BCUT2D eigenvalue weighted by molar-refractivity contribution is 5.95. The minimum Gasteiger partial charge on any atom is -0.481 e. The zero-order valence-electron chi connectivity index (χ0n) is 17.8. The number of fused-ring (bicyclic) bond motifs is 1. The van der Waals surface area contributed by atoms with Gasteiger partial charge in [0.05, 0.1) is 11.4 Å². The lowest BCUT2D eigenvalue weighted by molar-refractivity contribution is -0.122. The fraction of sp³-hybridized carbons (Fsp3) is 0.200. The second-order valence-corrected chi connectivity index (χ2v) is 7.45. The molecule has 0 bridgehead atoms. The highest BCUT2D eigenvalue weighted by Crippen LogP contribution is 2.22. The van der Waals surface area contributed by atoms with Gasteiger partial charge >= 0.3 is 0 Å². The topological polar surface area (TPSA) is 65.3 Å². The maximum absolute atomic E-state index is 13.0. The molecule has 0 saturated heterocycles. The Bertz CT molecular complexity index is 1290. The van der Waals surface area contributed by atoms with E-state index in [1.165, 1.54) is 4.68 Å². The van der Waals surface area contributed by atoms with E-state index in [1.807, 2.05) is 86.6 Å². The van der Waals surface area contributed by atoms with Crippen molar-refractivity contribution >= 4 is 22.4 Å². The average molecular weight is 415 g/mol. The van der Waals surface area contributed by atoms with Gasteiger partial charge in [-0.25, -0.2) is 4.68 Å². The number of ether oxygens (including phenoxy) is 1. The fourth-order valence-electron chi connectivity index (χ4n) is 3.64. The van der Waals surface area contributed by atoms with Crippen LogP contribution in [0.4, 0.5) is 5.69 Å². The van der Waals surface area contributed by atoms with E-state index < -0.39 is 6.10 Å². The summed E-state index contributed by atoms with van der Waals surface area (Å²) in [5.41, 5.74) is 1.39. The largest absolute Gasteiger partial charge is 0.481 e. The summed E-state index contributed by atoms with van der Waals surface area (Å²) in [6.07, 6.45) is -0.248. The molecule has 31 heavy (non-hydrogen) atoms. The van der Waals surface area contributed by atoms with Crippen LogP contribution in [0.25, 0.3) is 16.5 Å². The van der Waals surface area contributed by atoms with Crippen LogP contribution in [-0.4, -0.2) is 21.4 Å². The van der Waals surface area contributed by atoms with E-state index in [-0.39, 0.29) is 17.2 Å². The van der Waals surface area contributed by atoms with Gasteiger partial charge in [-0.05, 0) is 48.4 Å². The van der Waals surface area contributed by atoms with E-state index >= 15 is 0 Å². The molecule has 0 fully saturated rings. The van der Waals surface area contributed by atoms with Gasteiger partial charge in [0.2, 0.25) is 0 Å². The molecule has 6 heteroatoms. The molecule has 1 aromatic heterocycles. The number of carbonyl (C=O) groups excluding carboxylic acids is 1. The Balaban J connectivity index is 1.58. The lowest BCUT2D eigenvalue weighted by Gasteiger charge is -2.17. The number of hydrogen-bond acceptors (Lipinski definition) is 3. The third-order valence-corrected chi connectivity index (χ3v) is 5.46. The number of anilines is 1. The number of rotatable bonds is 6. The lowest BCUT2D eigenvalue weighted by atomic mass is 10.1. The van der Waals surface area contributed by atoms with Crippen molar-refractivity contribution in [1.82, 2.24) is 9.36 Å². The number of para-hydroxylation sites is 1. The molecule has 1 unspecified atom stereocenters. The summed E-state index contributed by atoms with van der Waals surface area (Å²) in [5, 5.41) is 4.95. The van der Waals surface area contributed by atoms with Crippen molar-refractivity contribution in [2.24, 2.45) is 7.05 Å². The van der Waals surface area contributed by atoms with Gasteiger partial charge in [0.15, 0.2) is 6.10 Å². The molecule has 0 aliphatic heterocycles. The van der Waals surface area contributed by atoms with E-state index in [4.69, 9.17) is 4.74 Å². The van der Waals surface area contributed by atoms with E-state index in [1.54, 1.807) is 11.7 Å². The molecule has 4 rings (SSSR count). The number of nitrogens with one attached hydrogen (secondary N) is 1. The Kier molecular flexibility index (Phi) is 5.62. The van der Waals surface area contributed by atoms with Crippen LogP contribution in [0.5, 0.6) is 5.75 Å². The maximum atomic E-state index is 13.0.